The Morgan fingerprint density at radius 1 is 1.09 bits per heavy atom. The second-order valence-electron chi connectivity index (χ2n) is 9.70. The van der Waals surface area contributed by atoms with Crippen LogP contribution in [-0.2, 0) is 17.9 Å². The molecule has 8 nitrogen and oxygen atoms in total. The Morgan fingerprint density at radius 3 is 2.45 bits per heavy atom. The Morgan fingerprint density at radius 2 is 1.82 bits per heavy atom. The van der Waals surface area contributed by atoms with Gasteiger partial charge in [-0.05, 0) is 43.2 Å². The Hall–Kier alpha value is -3.42. The number of Topliss-reactive ketones (excluding diaryl/α,β-unsaturated/α-hetero) is 1. The van der Waals surface area contributed by atoms with Crippen LogP contribution in [0, 0.1) is 5.41 Å². The van der Waals surface area contributed by atoms with Crippen LogP contribution in [0.3, 0.4) is 0 Å². The van der Waals surface area contributed by atoms with Crippen LogP contribution in [0.15, 0.2) is 50.6 Å². The number of fused-ring (bicyclic) bond motifs is 1. The fourth-order valence-corrected chi connectivity index (χ4v) is 4.13. The molecule has 3 aromatic rings. The van der Waals surface area contributed by atoms with E-state index >= 15 is 0 Å². The van der Waals surface area contributed by atoms with Crippen molar-refractivity contribution < 1.29 is 14.0 Å². The first-order valence-electron chi connectivity index (χ1n) is 11.3. The highest BCUT2D eigenvalue weighted by Crippen LogP contribution is 2.20. The Labute approximate surface area is 191 Å². The minimum atomic E-state index is -0.675. The van der Waals surface area contributed by atoms with Crippen LogP contribution < -0.4 is 16.6 Å². The molecule has 0 aliphatic heterocycles. The minimum absolute atomic E-state index is 0.0474. The van der Waals surface area contributed by atoms with Crippen LogP contribution in [-0.4, -0.2) is 26.9 Å². The summed E-state index contributed by atoms with van der Waals surface area (Å²) in [6.07, 6.45) is 5.54. The largest absolute Gasteiger partial charge is 0.467 e. The summed E-state index contributed by atoms with van der Waals surface area (Å²) in [7, 11) is 0. The number of carbonyl (C=O) groups is 2. The maximum Gasteiger partial charge on any atom is 0.332 e. The number of ketones is 1. The molecular formula is C25H29N3O5. The predicted octanol–water partition coefficient (Wildman–Crippen LogP) is 3.09. The zero-order chi connectivity index (χ0) is 23.8. The lowest BCUT2D eigenvalue weighted by atomic mass is 9.91. The Balaban J connectivity index is 1.83. The number of amides is 1. The Kier molecular flexibility index (Phi) is 6.10. The second-order valence-corrected chi connectivity index (χ2v) is 9.70. The average molecular weight is 452 g/mol. The molecule has 1 saturated carbocycles. The predicted molar refractivity (Wildman–Crippen MR) is 124 cm³/mol. The van der Waals surface area contributed by atoms with E-state index in [1.165, 1.54) is 16.9 Å². The molecule has 1 aliphatic rings. The molecule has 2 heterocycles. The molecule has 174 valence electrons. The molecule has 33 heavy (non-hydrogen) atoms. The van der Waals surface area contributed by atoms with Crippen LogP contribution in [0.5, 0.6) is 0 Å². The number of rotatable bonds is 6. The van der Waals surface area contributed by atoms with Gasteiger partial charge in [0.25, 0.3) is 11.5 Å². The van der Waals surface area contributed by atoms with Gasteiger partial charge in [-0.25, -0.2) is 4.79 Å². The van der Waals surface area contributed by atoms with Gasteiger partial charge in [-0.1, -0.05) is 33.6 Å². The fourth-order valence-electron chi connectivity index (χ4n) is 4.13. The van der Waals surface area contributed by atoms with Crippen molar-refractivity contribution in [2.75, 3.05) is 0 Å². The molecule has 2 aromatic heterocycles. The highest BCUT2D eigenvalue weighted by molar-refractivity contribution is 5.98. The lowest BCUT2D eigenvalue weighted by Gasteiger charge is -2.20. The van der Waals surface area contributed by atoms with Gasteiger partial charge in [0, 0.05) is 17.0 Å². The minimum Gasteiger partial charge on any atom is -0.467 e. The number of aromatic nitrogens is 2. The van der Waals surface area contributed by atoms with Gasteiger partial charge < -0.3 is 9.73 Å². The van der Waals surface area contributed by atoms with Crippen molar-refractivity contribution in [1.29, 1.82) is 0 Å². The van der Waals surface area contributed by atoms with Gasteiger partial charge in [0.1, 0.15) is 5.76 Å². The number of nitrogens with one attached hydrogen (secondary N) is 1. The van der Waals surface area contributed by atoms with E-state index in [0.29, 0.717) is 11.3 Å². The molecule has 0 bridgehead atoms. The third kappa shape index (κ3) is 4.69. The summed E-state index contributed by atoms with van der Waals surface area (Å²) in [6, 6.07) is 8.17. The van der Waals surface area contributed by atoms with Gasteiger partial charge in [0.15, 0.2) is 5.78 Å². The summed E-state index contributed by atoms with van der Waals surface area (Å²) in [5.41, 5.74) is -1.15. The Bertz CT molecular complexity index is 1300. The molecule has 1 N–H and O–H groups in total. The zero-order valence-electron chi connectivity index (χ0n) is 19.2. The van der Waals surface area contributed by atoms with E-state index in [4.69, 9.17) is 4.42 Å². The SMILES string of the molecule is CC(C)(C)C(=O)Cn1c(=O)n(Cc2ccco2)c(=O)c2ccc(C(=O)NC3CCCC3)cc21. The number of furan rings is 1. The first-order chi connectivity index (χ1) is 15.6. The first kappa shape index (κ1) is 22.8. The number of carbonyl (C=O) groups excluding carboxylic acids is 2. The van der Waals surface area contributed by atoms with Gasteiger partial charge in [0.2, 0.25) is 0 Å². The molecule has 0 spiro atoms. The lowest BCUT2D eigenvalue weighted by molar-refractivity contribution is -0.126. The van der Waals surface area contributed by atoms with E-state index in [1.54, 1.807) is 45.0 Å². The van der Waals surface area contributed by atoms with Crippen molar-refractivity contribution in [3.63, 3.8) is 0 Å². The normalized spacial score (nSPS) is 14.6. The fraction of sp³-hybridized carbons (Fsp3) is 0.440. The zero-order valence-corrected chi connectivity index (χ0v) is 19.2. The maximum atomic E-state index is 13.4. The van der Waals surface area contributed by atoms with Gasteiger partial charge >= 0.3 is 5.69 Å². The molecule has 1 aromatic carbocycles. The topological polar surface area (TPSA) is 103 Å². The molecule has 4 rings (SSSR count). The number of hydrogen-bond donors (Lipinski definition) is 1. The summed E-state index contributed by atoms with van der Waals surface area (Å²) in [5.74, 6) is 0.0504. The van der Waals surface area contributed by atoms with E-state index in [2.05, 4.69) is 5.32 Å². The van der Waals surface area contributed by atoms with Crippen LogP contribution in [0.1, 0.15) is 62.6 Å². The highest BCUT2D eigenvalue weighted by Gasteiger charge is 2.25. The summed E-state index contributed by atoms with van der Waals surface area (Å²) >= 11 is 0. The summed E-state index contributed by atoms with van der Waals surface area (Å²) in [5, 5.41) is 3.29. The average Bonchev–Trinajstić information content (AvgIpc) is 3.47. The van der Waals surface area contributed by atoms with Crippen molar-refractivity contribution in [2.24, 2.45) is 5.41 Å². The number of benzene rings is 1. The third-order valence-electron chi connectivity index (χ3n) is 6.21. The van der Waals surface area contributed by atoms with Crippen LogP contribution in [0.2, 0.25) is 0 Å². The van der Waals surface area contributed by atoms with Crippen molar-refractivity contribution in [3.05, 3.63) is 68.8 Å². The highest BCUT2D eigenvalue weighted by atomic mass is 16.3. The van der Waals surface area contributed by atoms with Crippen LogP contribution in [0.4, 0.5) is 0 Å². The monoisotopic (exact) mass is 451 g/mol. The third-order valence-corrected chi connectivity index (χ3v) is 6.21. The molecule has 1 amide bonds. The van der Waals surface area contributed by atoms with Crippen LogP contribution >= 0.6 is 0 Å². The molecule has 0 radical (unpaired) electrons. The van der Waals surface area contributed by atoms with Gasteiger partial charge in [-0.3, -0.25) is 23.5 Å². The molecule has 1 fully saturated rings. The summed E-state index contributed by atoms with van der Waals surface area (Å²) in [6.45, 7) is 5.09. The molecule has 0 atom stereocenters. The van der Waals surface area contributed by atoms with E-state index in [0.717, 1.165) is 30.3 Å². The van der Waals surface area contributed by atoms with Crippen molar-refractivity contribution in [3.8, 4) is 0 Å². The molecule has 1 aliphatic carbocycles. The quantitative estimate of drug-likeness (QED) is 0.620. The number of nitrogens with zero attached hydrogens (tertiary/aromatic N) is 2. The maximum absolute atomic E-state index is 13.4. The van der Waals surface area contributed by atoms with Crippen molar-refractivity contribution in [1.82, 2.24) is 14.5 Å². The van der Waals surface area contributed by atoms with Gasteiger partial charge in [-0.15, -0.1) is 0 Å². The van der Waals surface area contributed by atoms with Gasteiger partial charge in [0.05, 0.1) is 30.3 Å². The first-order valence-corrected chi connectivity index (χ1v) is 11.3. The summed E-state index contributed by atoms with van der Waals surface area (Å²) < 4.78 is 7.68. The molecule has 8 heteroatoms. The van der Waals surface area contributed by atoms with Crippen molar-refractivity contribution >= 4 is 22.6 Å². The summed E-state index contributed by atoms with van der Waals surface area (Å²) in [4.78, 5) is 52.2. The van der Waals surface area contributed by atoms with E-state index < -0.39 is 16.7 Å². The second kappa shape index (κ2) is 8.84. The van der Waals surface area contributed by atoms with E-state index in [-0.39, 0.29) is 41.7 Å². The van der Waals surface area contributed by atoms with Crippen molar-refractivity contribution in [2.45, 2.75) is 65.6 Å². The molecular weight excluding hydrogens is 422 g/mol. The smallest absolute Gasteiger partial charge is 0.332 e. The number of hydrogen-bond acceptors (Lipinski definition) is 5. The molecule has 0 unspecified atom stereocenters. The van der Waals surface area contributed by atoms with E-state index in [9.17, 15) is 19.2 Å². The standard InChI is InChI=1S/C25H29N3O5/c1-25(2,3)21(29)15-27-20-13-16(22(30)26-17-7-4-5-8-17)10-11-19(20)23(31)28(24(27)32)14-18-9-6-12-33-18/h6,9-13,17H,4-5,7-8,14-15H2,1-3H3,(H,26,30). The van der Waals surface area contributed by atoms with Gasteiger partial charge in [-0.2, -0.15) is 0 Å². The lowest BCUT2D eigenvalue weighted by Crippen LogP contribution is -2.42. The van der Waals surface area contributed by atoms with E-state index in [1.807, 2.05) is 0 Å². The van der Waals surface area contributed by atoms with Crippen LogP contribution in [0.25, 0.3) is 10.9 Å². The molecule has 0 saturated heterocycles.